The first kappa shape index (κ1) is 12.0. The third kappa shape index (κ3) is 4.76. The Kier molecular flexibility index (Phi) is 7.58. The lowest BCUT2D eigenvalue weighted by Gasteiger charge is -2.05. The van der Waals surface area contributed by atoms with E-state index in [0.29, 0.717) is 0 Å². The summed E-state index contributed by atoms with van der Waals surface area (Å²) < 4.78 is 0. The largest absolute Gasteiger partial charge is 0.281 e. The second-order valence-corrected chi connectivity index (χ2v) is 3.37. The van der Waals surface area contributed by atoms with E-state index in [4.69, 9.17) is 11.6 Å². The van der Waals surface area contributed by atoms with Crippen molar-refractivity contribution in [3.8, 4) is 0 Å². The summed E-state index contributed by atoms with van der Waals surface area (Å²) >= 11 is 5.39. The van der Waals surface area contributed by atoms with Crippen LogP contribution < -0.4 is 0 Å². The van der Waals surface area contributed by atoms with Crippen LogP contribution in [-0.2, 0) is 4.79 Å². The molecule has 0 bridgehead atoms. The molecule has 0 unspecified atom stereocenters. The van der Waals surface area contributed by atoms with Gasteiger partial charge in [0.1, 0.15) is 0 Å². The minimum atomic E-state index is -0.123. The topological polar surface area (TPSA) is 17.1 Å². The summed E-state index contributed by atoms with van der Waals surface area (Å²) in [6, 6.07) is 0. The third-order valence-electron chi connectivity index (χ3n) is 2.18. The van der Waals surface area contributed by atoms with E-state index in [9.17, 15) is 4.79 Å². The van der Waals surface area contributed by atoms with E-state index in [1.807, 2.05) is 13.8 Å². The quantitative estimate of drug-likeness (QED) is 0.455. The van der Waals surface area contributed by atoms with Crippen LogP contribution in [0.5, 0.6) is 0 Å². The number of hydrogen-bond acceptors (Lipinski definition) is 1. The summed E-state index contributed by atoms with van der Waals surface area (Å²) in [5, 5.41) is -0.123. The number of carbonyl (C=O) groups is 1. The minimum Gasteiger partial charge on any atom is -0.281 e. The Balaban J connectivity index is 0.000000561. The molecule has 2 heteroatoms. The predicted octanol–water partition coefficient (Wildman–Crippen LogP) is 3.75. The maximum Gasteiger partial charge on any atom is 0.224 e. The highest BCUT2D eigenvalue weighted by Crippen LogP contribution is 2.24. The number of rotatable bonds is 1. The van der Waals surface area contributed by atoms with E-state index in [-0.39, 0.29) is 11.2 Å². The fraction of sp³-hybridized carbons (Fsp3) is 0.900. The lowest BCUT2D eigenvalue weighted by atomic mass is 10.0. The van der Waals surface area contributed by atoms with Gasteiger partial charge >= 0.3 is 0 Å². The third-order valence-corrected chi connectivity index (χ3v) is 2.48. The molecule has 0 aromatic heterocycles. The van der Waals surface area contributed by atoms with Gasteiger partial charge in [-0.3, -0.25) is 4.79 Å². The molecule has 1 aliphatic rings. The van der Waals surface area contributed by atoms with E-state index in [2.05, 4.69) is 0 Å². The van der Waals surface area contributed by atoms with Crippen molar-refractivity contribution in [2.75, 3.05) is 0 Å². The van der Waals surface area contributed by atoms with Crippen molar-refractivity contribution >= 4 is 16.8 Å². The van der Waals surface area contributed by atoms with Crippen LogP contribution in [0.4, 0.5) is 0 Å². The van der Waals surface area contributed by atoms with Crippen LogP contribution in [0.15, 0.2) is 0 Å². The minimum absolute atomic E-state index is 0.123. The Labute approximate surface area is 80.5 Å². The highest BCUT2D eigenvalue weighted by atomic mass is 35.5. The molecule has 0 radical (unpaired) electrons. The fourth-order valence-corrected chi connectivity index (χ4v) is 1.72. The van der Waals surface area contributed by atoms with Crippen molar-refractivity contribution in [1.82, 2.24) is 0 Å². The Hall–Kier alpha value is -0.0400. The molecular formula is C10H19ClO. The Bertz CT molecular complexity index is 115. The zero-order chi connectivity index (χ0) is 9.40. The van der Waals surface area contributed by atoms with E-state index in [1.54, 1.807) is 0 Å². The number of hydrogen-bond donors (Lipinski definition) is 0. The predicted molar refractivity (Wildman–Crippen MR) is 53.4 cm³/mol. The van der Waals surface area contributed by atoms with E-state index < -0.39 is 0 Å². The average Bonchev–Trinajstić information content (AvgIpc) is 2.35. The van der Waals surface area contributed by atoms with Gasteiger partial charge in [0, 0.05) is 5.92 Å². The lowest BCUT2D eigenvalue weighted by molar-refractivity contribution is -0.115. The molecule has 0 saturated heterocycles. The first-order chi connectivity index (χ1) is 5.80. The average molecular weight is 191 g/mol. The van der Waals surface area contributed by atoms with Gasteiger partial charge in [0.2, 0.25) is 5.24 Å². The molecule has 0 aromatic carbocycles. The molecule has 0 heterocycles. The van der Waals surface area contributed by atoms with Gasteiger partial charge < -0.3 is 0 Å². The fourth-order valence-electron chi connectivity index (χ4n) is 1.51. The van der Waals surface area contributed by atoms with Gasteiger partial charge in [-0.1, -0.05) is 39.5 Å². The molecule has 1 fully saturated rings. The van der Waals surface area contributed by atoms with E-state index in [1.165, 1.54) is 25.7 Å². The molecule has 1 aliphatic carbocycles. The summed E-state index contributed by atoms with van der Waals surface area (Å²) in [7, 11) is 0. The SMILES string of the molecule is CC.O=C(Cl)C1CCCCCC1. The summed E-state index contributed by atoms with van der Waals surface area (Å²) in [5.74, 6) is 0.171. The molecule has 0 N–H and O–H groups in total. The second-order valence-electron chi connectivity index (χ2n) is 2.99. The smallest absolute Gasteiger partial charge is 0.224 e. The van der Waals surface area contributed by atoms with Crippen LogP contribution in [0.1, 0.15) is 52.4 Å². The van der Waals surface area contributed by atoms with Crippen LogP contribution in [0.3, 0.4) is 0 Å². The highest BCUT2D eigenvalue weighted by Gasteiger charge is 2.17. The summed E-state index contributed by atoms with van der Waals surface area (Å²) in [5.41, 5.74) is 0. The maximum atomic E-state index is 10.7. The van der Waals surface area contributed by atoms with Crippen molar-refractivity contribution in [3.63, 3.8) is 0 Å². The van der Waals surface area contributed by atoms with Crippen LogP contribution >= 0.6 is 11.6 Å². The van der Waals surface area contributed by atoms with Crippen LogP contribution in [-0.4, -0.2) is 5.24 Å². The lowest BCUT2D eigenvalue weighted by Crippen LogP contribution is -2.06. The first-order valence-electron chi connectivity index (χ1n) is 5.00. The molecule has 0 atom stereocenters. The summed E-state index contributed by atoms with van der Waals surface area (Å²) in [6.07, 6.45) is 6.96. The Morgan fingerprint density at radius 2 is 1.50 bits per heavy atom. The maximum absolute atomic E-state index is 10.7. The molecule has 1 saturated carbocycles. The molecule has 0 spiro atoms. The summed E-state index contributed by atoms with van der Waals surface area (Å²) in [6.45, 7) is 4.00. The van der Waals surface area contributed by atoms with Crippen molar-refractivity contribution in [2.45, 2.75) is 52.4 Å². The van der Waals surface area contributed by atoms with Crippen molar-refractivity contribution in [3.05, 3.63) is 0 Å². The molecule has 12 heavy (non-hydrogen) atoms. The zero-order valence-corrected chi connectivity index (χ0v) is 8.86. The van der Waals surface area contributed by atoms with Gasteiger partial charge in [0.05, 0.1) is 0 Å². The van der Waals surface area contributed by atoms with Crippen LogP contribution in [0.2, 0.25) is 0 Å². The van der Waals surface area contributed by atoms with Crippen LogP contribution in [0.25, 0.3) is 0 Å². The second kappa shape index (κ2) is 7.60. The van der Waals surface area contributed by atoms with Gasteiger partial charge in [-0.25, -0.2) is 0 Å². The monoisotopic (exact) mass is 190 g/mol. The molecule has 0 amide bonds. The van der Waals surface area contributed by atoms with Crippen molar-refractivity contribution in [1.29, 1.82) is 0 Å². The zero-order valence-electron chi connectivity index (χ0n) is 8.11. The molecular weight excluding hydrogens is 172 g/mol. The van der Waals surface area contributed by atoms with Gasteiger partial charge in [0.15, 0.2) is 0 Å². The van der Waals surface area contributed by atoms with Gasteiger partial charge in [0.25, 0.3) is 0 Å². The standard InChI is InChI=1S/C8H13ClO.C2H6/c9-8(10)7-5-3-1-2-4-6-7;1-2/h7H,1-6H2;1-2H3. The van der Waals surface area contributed by atoms with E-state index >= 15 is 0 Å². The molecule has 0 aliphatic heterocycles. The molecule has 0 aromatic rings. The normalized spacial score (nSPS) is 18.9. The van der Waals surface area contributed by atoms with Gasteiger partial charge in [-0.15, -0.1) is 0 Å². The summed E-state index contributed by atoms with van der Waals surface area (Å²) in [4.78, 5) is 10.7. The number of carbonyl (C=O) groups excluding carboxylic acids is 1. The molecule has 1 nitrogen and oxygen atoms in total. The van der Waals surface area contributed by atoms with Gasteiger partial charge in [-0.2, -0.15) is 0 Å². The Morgan fingerprint density at radius 3 is 1.83 bits per heavy atom. The van der Waals surface area contributed by atoms with Crippen molar-refractivity contribution in [2.24, 2.45) is 5.92 Å². The van der Waals surface area contributed by atoms with Crippen molar-refractivity contribution < 1.29 is 4.79 Å². The Morgan fingerprint density at radius 1 is 1.08 bits per heavy atom. The number of halogens is 1. The first-order valence-corrected chi connectivity index (χ1v) is 5.38. The molecule has 72 valence electrons. The van der Waals surface area contributed by atoms with Gasteiger partial charge in [-0.05, 0) is 24.4 Å². The van der Waals surface area contributed by atoms with Crippen LogP contribution in [0, 0.1) is 5.92 Å². The van der Waals surface area contributed by atoms with E-state index in [0.717, 1.165) is 12.8 Å². The molecule has 1 rings (SSSR count). The highest BCUT2D eigenvalue weighted by molar-refractivity contribution is 6.63.